The highest BCUT2D eigenvalue weighted by molar-refractivity contribution is 14.1. The van der Waals surface area contributed by atoms with Gasteiger partial charge < -0.3 is 9.64 Å². The summed E-state index contributed by atoms with van der Waals surface area (Å²) in [6.07, 6.45) is 12.2. The van der Waals surface area contributed by atoms with Gasteiger partial charge in [-0.15, -0.1) is 0 Å². The molecule has 3 rings (SSSR count). The molecule has 0 spiro atoms. The first kappa shape index (κ1) is 27.1. The van der Waals surface area contributed by atoms with Gasteiger partial charge in [-0.25, -0.2) is 22.7 Å². The Kier molecular flexibility index (Phi) is 11.1. The van der Waals surface area contributed by atoms with Crippen LogP contribution in [0.5, 0.6) is 0 Å². The van der Waals surface area contributed by atoms with Crippen LogP contribution in [0, 0.1) is 11.8 Å². The number of aromatic nitrogens is 2. The quantitative estimate of drug-likeness (QED) is 0.266. The molecule has 1 atom stereocenters. The van der Waals surface area contributed by atoms with E-state index < -0.39 is 10.0 Å². The summed E-state index contributed by atoms with van der Waals surface area (Å²) in [5.74, 6) is 2.35. The van der Waals surface area contributed by atoms with Crippen LogP contribution in [0.1, 0.15) is 64.4 Å². The Balaban J connectivity index is 1.29. The molecule has 1 aromatic rings. The number of rotatable bonds is 12. The van der Waals surface area contributed by atoms with Crippen LogP contribution >= 0.6 is 22.6 Å². The molecule has 0 aliphatic carbocycles. The summed E-state index contributed by atoms with van der Waals surface area (Å²) in [4.78, 5) is 11.5. The summed E-state index contributed by atoms with van der Waals surface area (Å²) in [5.41, 5.74) is 1.22. The Morgan fingerprint density at radius 2 is 1.67 bits per heavy atom. The van der Waals surface area contributed by atoms with Crippen molar-refractivity contribution in [2.45, 2.75) is 69.1 Å². The maximum absolute atomic E-state index is 12.2. The highest BCUT2D eigenvalue weighted by Crippen LogP contribution is 2.27. The molecule has 33 heavy (non-hydrogen) atoms. The van der Waals surface area contributed by atoms with Gasteiger partial charge in [0.1, 0.15) is 0 Å². The van der Waals surface area contributed by atoms with Gasteiger partial charge in [-0.3, -0.25) is 0 Å². The smallest absolute Gasteiger partial charge is 0.225 e. The normalized spacial score (nSPS) is 20.3. The van der Waals surface area contributed by atoms with E-state index in [1.165, 1.54) is 24.8 Å². The van der Waals surface area contributed by atoms with Crippen molar-refractivity contribution in [2.24, 2.45) is 11.8 Å². The van der Waals surface area contributed by atoms with Crippen LogP contribution < -0.4 is 4.90 Å². The molecule has 2 aliphatic rings. The maximum atomic E-state index is 12.2. The van der Waals surface area contributed by atoms with Gasteiger partial charge in [-0.1, -0.05) is 42.9 Å². The van der Waals surface area contributed by atoms with Crippen LogP contribution in [-0.4, -0.2) is 71.8 Å². The van der Waals surface area contributed by atoms with Crippen LogP contribution in [0.2, 0.25) is 0 Å². The van der Waals surface area contributed by atoms with Gasteiger partial charge in [0.2, 0.25) is 16.0 Å². The molecule has 1 aromatic heterocycles. The molecular weight excluding hydrogens is 551 g/mol. The first-order valence-electron chi connectivity index (χ1n) is 12.7. The number of hydrogen-bond donors (Lipinski definition) is 0. The van der Waals surface area contributed by atoms with E-state index in [0.717, 1.165) is 63.9 Å². The molecule has 188 valence electrons. The monoisotopic (exact) mass is 592 g/mol. The molecule has 2 saturated heterocycles. The number of hydrogen-bond acceptors (Lipinski definition) is 6. The second-order valence-electron chi connectivity index (χ2n) is 9.60. The first-order chi connectivity index (χ1) is 15.9. The summed E-state index contributed by atoms with van der Waals surface area (Å²) < 4.78 is 32.7. The topological polar surface area (TPSA) is 75.6 Å². The van der Waals surface area contributed by atoms with Crippen molar-refractivity contribution in [1.82, 2.24) is 14.3 Å². The van der Waals surface area contributed by atoms with Crippen LogP contribution in [-0.2, 0) is 21.2 Å². The molecule has 0 aromatic carbocycles. The average Bonchev–Trinajstić information content (AvgIpc) is 2.81. The Labute approximate surface area is 214 Å². The van der Waals surface area contributed by atoms with Crippen molar-refractivity contribution in [2.75, 3.05) is 50.0 Å². The molecule has 0 saturated carbocycles. The predicted molar refractivity (Wildman–Crippen MR) is 143 cm³/mol. The van der Waals surface area contributed by atoms with E-state index in [1.807, 2.05) is 19.3 Å². The molecule has 0 radical (unpaired) electrons. The number of piperidine rings is 2. The molecule has 0 unspecified atom stereocenters. The molecule has 0 amide bonds. The maximum Gasteiger partial charge on any atom is 0.225 e. The molecule has 7 nitrogen and oxygen atoms in total. The van der Waals surface area contributed by atoms with Gasteiger partial charge in [-0.2, -0.15) is 0 Å². The average molecular weight is 593 g/mol. The van der Waals surface area contributed by atoms with Crippen LogP contribution in [0.4, 0.5) is 5.95 Å². The van der Waals surface area contributed by atoms with Crippen LogP contribution in [0.15, 0.2) is 12.4 Å². The summed E-state index contributed by atoms with van der Waals surface area (Å²) in [5, 5.41) is 0. The zero-order valence-electron chi connectivity index (χ0n) is 20.3. The van der Waals surface area contributed by atoms with Gasteiger partial charge in [0.05, 0.1) is 12.4 Å². The molecule has 0 bridgehead atoms. The van der Waals surface area contributed by atoms with Crippen LogP contribution in [0.3, 0.4) is 0 Å². The van der Waals surface area contributed by atoms with E-state index in [9.17, 15) is 8.42 Å². The number of ether oxygens (including phenoxy) is 1. The third-order valence-corrected chi connectivity index (χ3v) is 9.74. The zero-order chi connectivity index (χ0) is 23.7. The largest absolute Gasteiger partial charge is 0.380 e. The lowest BCUT2D eigenvalue weighted by Crippen LogP contribution is -2.40. The molecule has 2 aliphatic heterocycles. The number of nitrogens with zero attached hydrogens (tertiary/aromatic N) is 4. The Hall–Kier alpha value is -0.520. The first-order valence-corrected chi connectivity index (χ1v) is 15.5. The minimum absolute atomic E-state index is 0.266. The standard InChI is InChI=1S/C24H41IN4O3S/c1-3-5-22-16-26-24(27-17-22)28-10-6-20(7-11-28)15-23(25)19-32-18-21-8-12-29(13-9-21)33(30,31)14-4-2/h16-17,20-21,23H,3-15,18-19H2,1-2H3/t23-/m1/s1. The van der Waals surface area contributed by atoms with Crippen molar-refractivity contribution in [1.29, 1.82) is 0 Å². The molecule has 3 heterocycles. The Bertz CT molecular complexity index is 792. The molecule has 9 heteroatoms. The van der Waals surface area contributed by atoms with Crippen molar-refractivity contribution in [3.63, 3.8) is 0 Å². The third kappa shape index (κ3) is 8.58. The minimum Gasteiger partial charge on any atom is -0.380 e. The predicted octanol–water partition coefficient (Wildman–Crippen LogP) is 4.31. The lowest BCUT2D eigenvalue weighted by molar-refractivity contribution is 0.0790. The van der Waals surface area contributed by atoms with Crippen molar-refractivity contribution in [3.8, 4) is 0 Å². The summed E-state index contributed by atoms with van der Waals surface area (Å²) in [6, 6.07) is 0. The van der Waals surface area contributed by atoms with Gasteiger partial charge in [0, 0.05) is 49.1 Å². The fraction of sp³-hybridized carbons (Fsp3) is 0.833. The van der Waals surface area contributed by atoms with Crippen molar-refractivity contribution in [3.05, 3.63) is 18.0 Å². The van der Waals surface area contributed by atoms with Crippen molar-refractivity contribution >= 4 is 38.6 Å². The van der Waals surface area contributed by atoms with E-state index in [1.54, 1.807) is 4.31 Å². The molecular formula is C24H41IN4O3S. The Morgan fingerprint density at radius 3 is 2.27 bits per heavy atom. The van der Waals surface area contributed by atoms with Gasteiger partial charge in [-0.05, 0) is 62.3 Å². The van der Waals surface area contributed by atoms with E-state index in [4.69, 9.17) is 4.74 Å². The summed E-state index contributed by atoms with van der Waals surface area (Å²) in [7, 11) is -3.05. The Morgan fingerprint density at radius 1 is 1.03 bits per heavy atom. The van der Waals surface area contributed by atoms with Gasteiger partial charge in [0.15, 0.2) is 0 Å². The van der Waals surface area contributed by atoms with Crippen molar-refractivity contribution < 1.29 is 13.2 Å². The highest BCUT2D eigenvalue weighted by Gasteiger charge is 2.28. The number of aryl methyl sites for hydroxylation is 1. The minimum atomic E-state index is -3.05. The number of halogens is 1. The fourth-order valence-corrected chi connectivity index (χ4v) is 7.35. The van der Waals surface area contributed by atoms with E-state index in [-0.39, 0.29) is 5.75 Å². The van der Waals surface area contributed by atoms with E-state index in [0.29, 0.717) is 29.4 Å². The molecule has 2 fully saturated rings. The van der Waals surface area contributed by atoms with Gasteiger partial charge >= 0.3 is 0 Å². The fourth-order valence-electron chi connectivity index (χ4n) is 4.83. The lowest BCUT2D eigenvalue weighted by atomic mass is 9.92. The number of sulfonamides is 1. The van der Waals surface area contributed by atoms with E-state index >= 15 is 0 Å². The van der Waals surface area contributed by atoms with E-state index in [2.05, 4.69) is 44.4 Å². The second-order valence-corrected chi connectivity index (χ2v) is 13.5. The highest BCUT2D eigenvalue weighted by atomic mass is 127. The lowest BCUT2D eigenvalue weighted by Gasteiger charge is -2.33. The number of alkyl halides is 1. The third-order valence-electron chi connectivity index (χ3n) is 6.80. The zero-order valence-corrected chi connectivity index (χ0v) is 23.3. The summed E-state index contributed by atoms with van der Waals surface area (Å²) in [6.45, 7) is 8.99. The van der Waals surface area contributed by atoms with Crippen LogP contribution in [0.25, 0.3) is 0 Å². The number of anilines is 1. The second kappa shape index (κ2) is 13.5. The van der Waals surface area contributed by atoms with Gasteiger partial charge in [0.25, 0.3) is 0 Å². The summed E-state index contributed by atoms with van der Waals surface area (Å²) >= 11 is 2.54. The molecule has 0 N–H and O–H groups in total. The SMILES string of the molecule is CCCc1cnc(N2CCC(C[C@@H](I)COCC3CCN(S(=O)(=O)CCC)CC3)CC2)nc1.